The summed E-state index contributed by atoms with van der Waals surface area (Å²) in [5.74, 6) is 1.90. The van der Waals surface area contributed by atoms with E-state index in [1.54, 1.807) is 0 Å². The van der Waals surface area contributed by atoms with Gasteiger partial charge in [-0.05, 0) is 67.7 Å². The molecule has 0 fully saturated rings. The normalized spacial score (nSPS) is 11.7. The molecular weight excluding hydrogens is 599 g/mol. The SMILES string of the molecule is c1ccc(-c2nc(-c3cccc(-c4cccc5oc6ccccc6c45)c3)nc(-c3cc4ccccc4c4c3ccc3ccccc34)n2)cc1. The number of rotatable bonds is 4. The molecule has 2 heterocycles. The van der Waals surface area contributed by atoms with Crippen molar-refractivity contribution >= 4 is 54.3 Å². The minimum absolute atomic E-state index is 0.622. The van der Waals surface area contributed by atoms with Gasteiger partial charge in [0.05, 0.1) is 0 Å². The molecule has 228 valence electrons. The van der Waals surface area contributed by atoms with Crippen molar-refractivity contribution in [2.45, 2.75) is 0 Å². The summed E-state index contributed by atoms with van der Waals surface area (Å²) >= 11 is 0. The fourth-order valence-electron chi connectivity index (χ4n) is 7.24. The number of fused-ring (bicyclic) bond motifs is 8. The van der Waals surface area contributed by atoms with E-state index in [0.29, 0.717) is 17.5 Å². The quantitative estimate of drug-likeness (QED) is 0.183. The molecule has 0 aliphatic heterocycles. The first-order chi connectivity index (χ1) is 24.3. The summed E-state index contributed by atoms with van der Waals surface area (Å²) in [6.07, 6.45) is 0. The van der Waals surface area contributed by atoms with Gasteiger partial charge in [-0.15, -0.1) is 0 Å². The Morgan fingerprint density at radius 2 is 0.939 bits per heavy atom. The Hall–Kier alpha value is -6.65. The molecule has 0 amide bonds. The van der Waals surface area contributed by atoms with Crippen LogP contribution in [0, 0.1) is 0 Å². The second kappa shape index (κ2) is 11.0. The van der Waals surface area contributed by atoms with E-state index in [-0.39, 0.29) is 0 Å². The van der Waals surface area contributed by atoms with Crippen molar-refractivity contribution in [1.82, 2.24) is 15.0 Å². The van der Waals surface area contributed by atoms with E-state index in [1.165, 1.54) is 21.5 Å². The van der Waals surface area contributed by atoms with Crippen LogP contribution in [-0.2, 0) is 0 Å². The Morgan fingerprint density at radius 3 is 1.80 bits per heavy atom. The monoisotopic (exact) mass is 625 g/mol. The third-order valence-corrected chi connectivity index (χ3v) is 9.49. The highest BCUT2D eigenvalue weighted by Crippen LogP contribution is 2.40. The summed E-state index contributed by atoms with van der Waals surface area (Å²) in [6, 6.07) is 56.9. The number of hydrogen-bond acceptors (Lipinski definition) is 4. The molecule has 0 saturated carbocycles. The molecular formula is C45H27N3O. The summed E-state index contributed by atoms with van der Waals surface area (Å²) in [4.78, 5) is 15.5. The first kappa shape index (κ1) is 27.5. The lowest BCUT2D eigenvalue weighted by molar-refractivity contribution is 0.669. The van der Waals surface area contributed by atoms with E-state index in [1.807, 2.05) is 36.4 Å². The Kier molecular flexibility index (Phi) is 6.15. The van der Waals surface area contributed by atoms with E-state index in [9.17, 15) is 0 Å². The molecule has 0 saturated heterocycles. The van der Waals surface area contributed by atoms with E-state index >= 15 is 0 Å². The van der Waals surface area contributed by atoms with Crippen LogP contribution in [0.5, 0.6) is 0 Å². The van der Waals surface area contributed by atoms with Gasteiger partial charge in [0.25, 0.3) is 0 Å². The number of aromatic nitrogens is 3. The zero-order valence-electron chi connectivity index (χ0n) is 26.3. The lowest BCUT2D eigenvalue weighted by Gasteiger charge is -2.14. The number of hydrogen-bond donors (Lipinski definition) is 0. The molecule has 10 rings (SSSR count). The van der Waals surface area contributed by atoms with Crippen LogP contribution in [0.4, 0.5) is 0 Å². The zero-order chi connectivity index (χ0) is 32.3. The Labute approximate surface area is 282 Å². The van der Waals surface area contributed by atoms with Crippen LogP contribution in [0.15, 0.2) is 168 Å². The van der Waals surface area contributed by atoms with Crippen LogP contribution in [0.2, 0.25) is 0 Å². The zero-order valence-corrected chi connectivity index (χ0v) is 26.3. The summed E-state index contributed by atoms with van der Waals surface area (Å²) in [6.45, 7) is 0. The molecule has 4 heteroatoms. The van der Waals surface area contributed by atoms with Gasteiger partial charge in [0, 0.05) is 27.5 Å². The smallest absolute Gasteiger partial charge is 0.164 e. The van der Waals surface area contributed by atoms with Gasteiger partial charge in [0.1, 0.15) is 11.2 Å². The average molecular weight is 626 g/mol. The second-order valence-electron chi connectivity index (χ2n) is 12.4. The molecule has 0 N–H and O–H groups in total. The fraction of sp³-hybridized carbons (Fsp3) is 0. The first-order valence-electron chi connectivity index (χ1n) is 16.4. The minimum atomic E-state index is 0.622. The third kappa shape index (κ3) is 4.49. The summed E-state index contributed by atoms with van der Waals surface area (Å²) in [5.41, 5.74) is 6.76. The number of benzene rings is 8. The predicted molar refractivity (Wildman–Crippen MR) is 201 cm³/mol. The standard InChI is InChI=1S/C45H27N3O/c1-2-13-29(14-3-1)43-46-44(32-17-10-16-30(26-32)35-21-11-23-40-42(35)37-20-8-9-22-39(37)49-40)48-45(47-43)38-27-31-15-5-7-19-34(31)41-33-18-6-4-12-28(33)24-25-36(38)41/h1-27H. The molecule has 49 heavy (non-hydrogen) atoms. The van der Waals surface area contributed by atoms with Crippen LogP contribution < -0.4 is 0 Å². The van der Waals surface area contributed by atoms with Gasteiger partial charge in [-0.25, -0.2) is 15.0 Å². The highest BCUT2D eigenvalue weighted by atomic mass is 16.3. The third-order valence-electron chi connectivity index (χ3n) is 9.49. The topological polar surface area (TPSA) is 51.8 Å². The van der Waals surface area contributed by atoms with Crippen molar-refractivity contribution in [3.05, 3.63) is 164 Å². The second-order valence-corrected chi connectivity index (χ2v) is 12.4. The fourth-order valence-corrected chi connectivity index (χ4v) is 7.24. The first-order valence-corrected chi connectivity index (χ1v) is 16.4. The minimum Gasteiger partial charge on any atom is -0.456 e. The highest BCUT2D eigenvalue weighted by molar-refractivity contribution is 6.23. The van der Waals surface area contributed by atoms with E-state index in [4.69, 9.17) is 19.4 Å². The lowest BCUT2D eigenvalue weighted by Crippen LogP contribution is -2.01. The van der Waals surface area contributed by atoms with Crippen molar-refractivity contribution < 1.29 is 4.42 Å². The Morgan fingerprint density at radius 1 is 0.327 bits per heavy atom. The largest absolute Gasteiger partial charge is 0.456 e. The molecule has 0 bridgehead atoms. The van der Waals surface area contributed by atoms with Crippen molar-refractivity contribution in [2.75, 3.05) is 0 Å². The Bertz CT molecular complexity index is 2870. The molecule has 0 radical (unpaired) electrons. The van der Waals surface area contributed by atoms with Crippen LogP contribution >= 0.6 is 0 Å². The van der Waals surface area contributed by atoms with Gasteiger partial charge >= 0.3 is 0 Å². The molecule has 8 aromatic carbocycles. The van der Waals surface area contributed by atoms with Gasteiger partial charge in [-0.1, -0.05) is 140 Å². The van der Waals surface area contributed by atoms with Gasteiger partial charge in [-0.2, -0.15) is 0 Å². The maximum Gasteiger partial charge on any atom is 0.164 e. The lowest BCUT2D eigenvalue weighted by atomic mass is 9.92. The number of furan rings is 1. The highest BCUT2D eigenvalue weighted by Gasteiger charge is 2.18. The Balaban J connectivity index is 1.22. The summed E-state index contributed by atoms with van der Waals surface area (Å²) in [5, 5.41) is 9.29. The van der Waals surface area contributed by atoms with Crippen molar-refractivity contribution in [2.24, 2.45) is 0 Å². The molecule has 0 unspecified atom stereocenters. The van der Waals surface area contributed by atoms with Crippen molar-refractivity contribution in [3.63, 3.8) is 0 Å². The predicted octanol–water partition coefficient (Wildman–Crippen LogP) is 11.9. The van der Waals surface area contributed by atoms with Crippen LogP contribution in [0.25, 0.3) is 99.5 Å². The molecule has 10 aromatic rings. The van der Waals surface area contributed by atoms with Crippen molar-refractivity contribution in [3.8, 4) is 45.3 Å². The maximum atomic E-state index is 6.22. The van der Waals surface area contributed by atoms with Crippen LogP contribution in [0.3, 0.4) is 0 Å². The van der Waals surface area contributed by atoms with Gasteiger partial charge in [0.2, 0.25) is 0 Å². The van der Waals surface area contributed by atoms with Crippen LogP contribution in [-0.4, -0.2) is 15.0 Å². The molecule has 0 spiro atoms. The van der Waals surface area contributed by atoms with E-state index in [2.05, 4.69) is 127 Å². The van der Waals surface area contributed by atoms with E-state index < -0.39 is 0 Å². The van der Waals surface area contributed by atoms with E-state index in [0.717, 1.165) is 60.5 Å². The van der Waals surface area contributed by atoms with Crippen LogP contribution in [0.1, 0.15) is 0 Å². The molecule has 0 aliphatic rings. The van der Waals surface area contributed by atoms with Crippen molar-refractivity contribution in [1.29, 1.82) is 0 Å². The average Bonchev–Trinajstić information content (AvgIpc) is 3.57. The maximum absolute atomic E-state index is 6.22. The summed E-state index contributed by atoms with van der Waals surface area (Å²) in [7, 11) is 0. The van der Waals surface area contributed by atoms with Gasteiger partial charge in [0.15, 0.2) is 17.5 Å². The van der Waals surface area contributed by atoms with Gasteiger partial charge in [-0.3, -0.25) is 0 Å². The summed E-state index contributed by atoms with van der Waals surface area (Å²) < 4.78 is 6.22. The molecule has 0 aliphatic carbocycles. The molecule has 0 atom stereocenters. The van der Waals surface area contributed by atoms with Gasteiger partial charge < -0.3 is 4.42 Å². The molecule has 4 nitrogen and oxygen atoms in total. The molecule has 2 aromatic heterocycles. The number of nitrogens with zero attached hydrogens (tertiary/aromatic N) is 3. The number of para-hydroxylation sites is 1.